The lowest BCUT2D eigenvalue weighted by Gasteiger charge is -2.05. The minimum atomic E-state index is -3.74. The first kappa shape index (κ1) is 9.96. The highest BCUT2D eigenvalue weighted by Gasteiger charge is 2.17. The third-order valence-electron chi connectivity index (χ3n) is 1.26. The summed E-state index contributed by atoms with van der Waals surface area (Å²) in [5.41, 5.74) is 0.263. The number of carbonyl (C=O) groups excluding carboxylic acids is 1. The smallest absolute Gasteiger partial charge is 0.375 e. The Morgan fingerprint density at radius 2 is 1.92 bits per heavy atom. The predicted octanol–water partition coefficient (Wildman–Crippen LogP) is 1.66. The van der Waals surface area contributed by atoms with Gasteiger partial charge in [-0.3, -0.25) is 0 Å². The van der Waals surface area contributed by atoms with Crippen LogP contribution in [0.3, 0.4) is 0 Å². The van der Waals surface area contributed by atoms with Crippen molar-refractivity contribution in [3.63, 3.8) is 0 Å². The van der Waals surface area contributed by atoms with Crippen LogP contribution in [0.5, 0.6) is 0 Å². The van der Waals surface area contributed by atoms with Crippen LogP contribution in [0, 0.1) is 0 Å². The van der Waals surface area contributed by atoms with Crippen LogP contribution in [-0.4, -0.2) is 17.5 Å². The Hall–Kier alpha value is -1.12. The molecule has 5 heteroatoms. The average molecular weight is 200 g/mol. The van der Waals surface area contributed by atoms with Gasteiger partial charge in [0.25, 0.3) is 0 Å². The summed E-state index contributed by atoms with van der Waals surface area (Å²) < 4.78 is 15.0. The molecule has 0 saturated carbocycles. The van der Waals surface area contributed by atoms with E-state index in [0.717, 1.165) is 6.66 Å². The van der Waals surface area contributed by atoms with E-state index in [1.165, 1.54) is 12.1 Å². The SMILES string of the molecule is CP(=O)(O)OC(=O)c1ccccc1. The molecule has 0 amide bonds. The first-order chi connectivity index (χ1) is 5.99. The lowest BCUT2D eigenvalue weighted by Crippen LogP contribution is -2.02. The van der Waals surface area contributed by atoms with Crippen molar-refractivity contribution < 1.29 is 18.8 Å². The molecule has 1 unspecified atom stereocenters. The second-order valence-corrected chi connectivity index (χ2v) is 4.34. The van der Waals surface area contributed by atoms with Crippen LogP contribution >= 0.6 is 7.60 Å². The fourth-order valence-corrected chi connectivity index (χ4v) is 1.19. The monoisotopic (exact) mass is 200 g/mol. The Kier molecular flexibility index (Phi) is 2.86. The number of benzene rings is 1. The molecule has 0 aliphatic rings. The Morgan fingerprint density at radius 1 is 1.38 bits per heavy atom. The fraction of sp³-hybridized carbons (Fsp3) is 0.125. The highest BCUT2D eigenvalue weighted by molar-refractivity contribution is 7.52. The van der Waals surface area contributed by atoms with Gasteiger partial charge in [-0.2, -0.15) is 0 Å². The molecule has 0 saturated heterocycles. The predicted molar refractivity (Wildman–Crippen MR) is 47.6 cm³/mol. The van der Waals surface area contributed by atoms with Crippen molar-refractivity contribution in [3.05, 3.63) is 35.9 Å². The van der Waals surface area contributed by atoms with E-state index in [9.17, 15) is 9.36 Å². The highest BCUT2D eigenvalue weighted by Crippen LogP contribution is 2.37. The summed E-state index contributed by atoms with van der Waals surface area (Å²) in [5.74, 6) is -0.783. The molecule has 70 valence electrons. The first-order valence-corrected chi connectivity index (χ1v) is 5.61. The molecule has 0 aliphatic heterocycles. The maximum absolute atomic E-state index is 11.1. The average Bonchev–Trinajstić information content (AvgIpc) is 2.03. The van der Waals surface area contributed by atoms with Crippen LogP contribution in [0.25, 0.3) is 0 Å². The minimum absolute atomic E-state index is 0.263. The minimum Gasteiger partial charge on any atom is -0.388 e. The lowest BCUT2D eigenvalue weighted by atomic mass is 10.2. The Bertz CT molecular complexity index is 340. The molecule has 0 bridgehead atoms. The van der Waals surface area contributed by atoms with Gasteiger partial charge in [0, 0.05) is 6.66 Å². The summed E-state index contributed by atoms with van der Waals surface area (Å²) in [4.78, 5) is 19.9. The Labute approximate surface area is 75.7 Å². The summed E-state index contributed by atoms with van der Waals surface area (Å²) in [7, 11) is -3.74. The topological polar surface area (TPSA) is 63.6 Å². The van der Waals surface area contributed by atoms with Gasteiger partial charge in [0.15, 0.2) is 0 Å². The number of hydrogen-bond donors (Lipinski definition) is 1. The summed E-state index contributed by atoms with van der Waals surface area (Å²) >= 11 is 0. The van der Waals surface area contributed by atoms with Crippen molar-refractivity contribution in [1.82, 2.24) is 0 Å². The van der Waals surface area contributed by atoms with Crippen LogP contribution in [0.15, 0.2) is 30.3 Å². The van der Waals surface area contributed by atoms with Gasteiger partial charge in [-0.25, -0.2) is 9.36 Å². The molecule has 0 radical (unpaired) electrons. The van der Waals surface area contributed by atoms with Gasteiger partial charge < -0.3 is 9.42 Å². The third kappa shape index (κ3) is 3.40. The van der Waals surface area contributed by atoms with Crippen molar-refractivity contribution in [2.24, 2.45) is 0 Å². The van der Waals surface area contributed by atoms with Gasteiger partial charge in [-0.15, -0.1) is 0 Å². The van der Waals surface area contributed by atoms with Crippen molar-refractivity contribution in [2.45, 2.75) is 0 Å². The molecule has 0 aliphatic carbocycles. The van der Waals surface area contributed by atoms with E-state index in [0.29, 0.717) is 0 Å². The van der Waals surface area contributed by atoms with Gasteiger partial charge in [0.1, 0.15) is 0 Å². The van der Waals surface area contributed by atoms with Crippen LogP contribution in [0.1, 0.15) is 10.4 Å². The summed E-state index contributed by atoms with van der Waals surface area (Å²) in [6.07, 6.45) is 0. The maximum atomic E-state index is 11.1. The first-order valence-electron chi connectivity index (χ1n) is 3.58. The van der Waals surface area contributed by atoms with E-state index in [1.807, 2.05) is 0 Å². The lowest BCUT2D eigenvalue weighted by molar-refractivity contribution is 0.0720. The van der Waals surface area contributed by atoms with Crippen LogP contribution in [0.4, 0.5) is 0 Å². The zero-order chi connectivity index (χ0) is 9.90. The number of rotatable bonds is 2. The zero-order valence-corrected chi connectivity index (χ0v) is 7.90. The number of carbonyl (C=O) groups is 1. The van der Waals surface area contributed by atoms with Gasteiger partial charge in [-0.05, 0) is 12.1 Å². The van der Waals surface area contributed by atoms with Crippen LogP contribution in [-0.2, 0) is 9.09 Å². The molecule has 1 aromatic rings. The zero-order valence-electron chi connectivity index (χ0n) is 7.01. The second kappa shape index (κ2) is 3.73. The molecular formula is C8H9O4P. The van der Waals surface area contributed by atoms with E-state index in [1.54, 1.807) is 18.2 Å². The van der Waals surface area contributed by atoms with Gasteiger partial charge in [0.2, 0.25) is 0 Å². The van der Waals surface area contributed by atoms with Gasteiger partial charge in [0.05, 0.1) is 5.56 Å². The molecule has 0 heterocycles. The van der Waals surface area contributed by atoms with E-state index in [4.69, 9.17) is 4.89 Å². The van der Waals surface area contributed by atoms with E-state index >= 15 is 0 Å². The molecule has 1 N–H and O–H groups in total. The largest absolute Gasteiger partial charge is 0.388 e. The molecule has 1 aromatic carbocycles. The Balaban J connectivity index is 2.76. The van der Waals surface area contributed by atoms with Crippen molar-refractivity contribution in [2.75, 3.05) is 6.66 Å². The van der Waals surface area contributed by atoms with Crippen molar-refractivity contribution >= 4 is 13.6 Å². The molecule has 13 heavy (non-hydrogen) atoms. The molecule has 0 aromatic heterocycles. The summed E-state index contributed by atoms with van der Waals surface area (Å²) in [6, 6.07) is 8.06. The van der Waals surface area contributed by atoms with E-state index < -0.39 is 13.6 Å². The molecule has 0 spiro atoms. The van der Waals surface area contributed by atoms with Crippen molar-refractivity contribution in [3.8, 4) is 0 Å². The Morgan fingerprint density at radius 3 is 2.38 bits per heavy atom. The second-order valence-electron chi connectivity index (χ2n) is 2.55. The van der Waals surface area contributed by atoms with Crippen LogP contribution in [0.2, 0.25) is 0 Å². The van der Waals surface area contributed by atoms with E-state index in [-0.39, 0.29) is 5.56 Å². The molecule has 1 rings (SSSR count). The fourth-order valence-electron chi connectivity index (χ4n) is 0.781. The van der Waals surface area contributed by atoms with Gasteiger partial charge in [-0.1, -0.05) is 18.2 Å². The maximum Gasteiger partial charge on any atom is 0.375 e. The standard InChI is InChI=1S/C8H9O4P/c1-13(10,11)12-8(9)7-5-3-2-4-6-7/h2-6H,1H3,(H,10,11). The molecule has 1 atom stereocenters. The normalized spacial score (nSPS) is 14.6. The van der Waals surface area contributed by atoms with Crippen LogP contribution < -0.4 is 0 Å². The van der Waals surface area contributed by atoms with Crippen molar-refractivity contribution in [1.29, 1.82) is 0 Å². The third-order valence-corrected chi connectivity index (χ3v) is 1.77. The molecular weight excluding hydrogens is 191 g/mol. The van der Waals surface area contributed by atoms with E-state index in [2.05, 4.69) is 4.52 Å². The highest BCUT2D eigenvalue weighted by atomic mass is 31.2. The molecule has 4 nitrogen and oxygen atoms in total. The summed E-state index contributed by atoms with van der Waals surface area (Å²) in [6.45, 7) is 0.966. The summed E-state index contributed by atoms with van der Waals surface area (Å²) in [5, 5.41) is 0. The number of hydrogen-bond acceptors (Lipinski definition) is 3. The van der Waals surface area contributed by atoms with Gasteiger partial charge >= 0.3 is 13.6 Å². The quantitative estimate of drug-likeness (QED) is 0.737. The molecule has 0 fully saturated rings.